The first-order valence-corrected chi connectivity index (χ1v) is 10.2. The van der Waals surface area contributed by atoms with E-state index in [2.05, 4.69) is 35.7 Å². The molecule has 0 aliphatic carbocycles. The Hall–Kier alpha value is -3.34. The van der Waals surface area contributed by atoms with E-state index in [1.807, 2.05) is 20.0 Å². The summed E-state index contributed by atoms with van der Waals surface area (Å²) in [6, 6.07) is 6.19. The largest absolute Gasteiger partial charge is 0.418 e. The van der Waals surface area contributed by atoms with Gasteiger partial charge in [-0.25, -0.2) is 4.98 Å². The molecule has 8 nitrogen and oxygen atoms in total. The van der Waals surface area contributed by atoms with Crippen LogP contribution >= 0.6 is 0 Å². The lowest BCUT2D eigenvalue weighted by Crippen LogP contribution is -2.45. The maximum Gasteiger partial charge on any atom is 0.418 e. The van der Waals surface area contributed by atoms with Crippen LogP contribution in [0.4, 0.5) is 42.1 Å². The summed E-state index contributed by atoms with van der Waals surface area (Å²) in [7, 11) is 1.97. The topological polar surface area (TPSA) is 85.0 Å². The highest BCUT2D eigenvalue weighted by molar-refractivity contribution is 5.69. The maximum atomic E-state index is 13.9. The second-order valence-corrected chi connectivity index (χ2v) is 7.92. The van der Waals surface area contributed by atoms with Crippen LogP contribution < -0.4 is 15.5 Å². The quantitative estimate of drug-likeness (QED) is 0.545. The summed E-state index contributed by atoms with van der Waals surface area (Å²) >= 11 is 0. The van der Waals surface area contributed by atoms with Gasteiger partial charge in [0.1, 0.15) is 5.82 Å². The van der Waals surface area contributed by atoms with Crippen LogP contribution in [-0.2, 0) is 6.18 Å². The van der Waals surface area contributed by atoms with Crippen molar-refractivity contribution in [2.75, 3.05) is 48.8 Å². The van der Waals surface area contributed by atoms with Crippen LogP contribution in [0.1, 0.15) is 16.8 Å². The number of hydrogen-bond acceptors (Lipinski definition) is 7. The average Bonchev–Trinajstić information content (AvgIpc) is 3.14. The Balaban J connectivity index is 1.60. The fraction of sp³-hybridized carbons (Fsp3) is 0.381. The van der Waals surface area contributed by atoms with Gasteiger partial charge in [-0.1, -0.05) is 0 Å². The van der Waals surface area contributed by atoms with Crippen LogP contribution in [0.15, 0.2) is 30.5 Å². The third-order valence-electron chi connectivity index (χ3n) is 5.36. The molecule has 0 bridgehead atoms. The number of rotatable bonds is 5. The van der Waals surface area contributed by atoms with Crippen molar-refractivity contribution in [1.29, 1.82) is 0 Å². The fourth-order valence-electron chi connectivity index (χ4n) is 3.59. The minimum atomic E-state index is -4.48. The van der Waals surface area contributed by atoms with Crippen molar-refractivity contribution < 1.29 is 13.2 Å². The Morgan fingerprint density at radius 2 is 1.75 bits per heavy atom. The summed E-state index contributed by atoms with van der Waals surface area (Å²) in [4.78, 5) is 12.4. The number of aromatic nitrogens is 4. The van der Waals surface area contributed by atoms with E-state index in [1.165, 1.54) is 6.20 Å². The van der Waals surface area contributed by atoms with E-state index >= 15 is 0 Å². The first kappa shape index (κ1) is 21.9. The number of halogens is 3. The monoisotopic (exact) mass is 446 g/mol. The Labute approximate surface area is 183 Å². The molecule has 4 rings (SSSR count). The minimum absolute atomic E-state index is 0.186. The number of nitrogens with zero attached hydrogens (tertiary/aromatic N) is 5. The van der Waals surface area contributed by atoms with Crippen molar-refractivity contribution in [1.82, 2.24) is 25.1 Å². The lowest BCUT2D eigenvalue weighted by molar-refractivity contribution is -0.137. The number of H-pyrrole nitrogens is 1. The lowest BCUT2D eigenvalue weighted by Gasteiger charge is -2.35. The molecule has 1 saturated heterocycles. The summed E-state index contributed by atoms with van der Waals surface area (Å²) in [6.45, 7) is 6.19. The average molecular weight is 446 g/mol. The van der Waals surface area contributed by atoms with Gasteiger partial charge in [-0.2, -0.15) is 23.3 Å². The second kappa shape index (κ2) is 8.65. The molecule has 1 aliphatic heterocycles. The van der Waals surface area contributed by atoms with E-state index in [4.69, 9.17) is 0 Å². The molecule has 0 atom stereocenters. The van der Waals surface area contributed by atoms with Crippen molar-refractivity contribution in [2.24, 2.45) is 0 Å². The summed E-state index contributed by atoms with van der Waals surface area (Å²) in [5.74, 6) is 1.24. The number of hydrogen-bond donors (Lipinski definition) is 3. The smallest absolute Gasteiger partial charge is 0.368 e. The molecule has 32 heavy (non-hydrogen) atoms. The van der Waals surface area contributed by atoms with Gasteiger partial charge in [-0.3, -0.25) is 5.10 Å². The van der Waals surface area contributed by atoms with Crippen LogP contribution in [0.3, 0.4) is 0 Å². The van der Waals surface area contributed by atoms with Gasteiger partial charge in [-0.15, -0.1) is 0 Å². The molecule has 2 aromatic heterocycles. The molecule has 3 heterocycles. The number of aromatic amines is 1. The fourth-order valence-corrected chi connectivity index (χ4v) is 3.59. The van der Waals surface area contributed by atoms with Gasteiger partial charge in [0, 0.05) is 55.5 Å². The van der Waals surface area contributed by atoms with E-state index in [0.717, 1.165) is 24.8 Å². The van der Waals surface area contributed by atoms with Gasteiger partial charge in [0.15, 0.2) is 5.82 Å². The van der Waals surface area contributed by atoms with Crippen LogP contribution in [0, 0.1) is 13.8 Å². The van der Waals surface area contributed by atoms with Crippen LogP contribution in [0.25, 0.3) is 0 Å². The minimum Gasteiger partial charge on any atom is -0.368 e. The van der Waals surface area contributed by atoms with E-state index < -0.39 is 11.7 Å². The number of benzene rings is 1. The zero-order chi connectivity index (χ0) is 22.9. The normalized spacial score (nSPS) is 15.1. The summed E-state index contributed by atoms with van der Waals surface area (Å²) in [5.41, 5.74) is 1.41. The van der Waals surface area contributed by atoms with Crippen LogP contribution in [-0.4, -0.2) is 58.3 Å². The number of aryl methyl sites for hydroxylation is 2. The van der Waals surface area contributed by atoms with E-state index in [-0.39, 0.29) is 11.6 Å². The molecular weight excluding hydrogens is 421 g/mol. The van der Waals surface area contributed by atoms with Crippen molar-refractivity contribution >= 4 is 29.0 Å². The Morgan fingerprint density at radius 3 is 2.41 bits per heavy atom. The molecule has 0 saturated carbocycles. The molecule has 0 radical (unpaired) electrons. The molecule has 11 heteroatoms. The third-order valence-corrected chi connectivity index (χ3v) is 5.36. The van der Waals surface area contributed by atoms with Crippen molar-refractivity contribution in [3.8, 4) is 0 Å². The molecule has 0 unspecified atom stereocenters. The number of alkyl halides is 3. The van der Waals surface area contributed by atoms with Gasteiger partial charge in [0.25, 0.3) is 0 Å². The summed E-state index contributed by atoms with van der Waals surface area (Å²) in [6.07, 6.45) is -2.96. The standard InChI is InChI=1S/C21H25F3N8/c1-13-10-17(32-8-6-31(3)7-9-32)15(21(22,23)24)12-16(13)26-20-25-5-4-18(28-20)27-19-11-14(2)29-30-19/h4-5,10-12H,6-9H2,1-3H3,(H3,25,26,27,28,29,30). The Kier molecular flexibility index (Phi) is 5.92. The molecule has 0 amide bonds. The molecule has 1 fully saturated rings. The number of nitrogens with one attached hydrogen (secondary N) is 3. The predicted octanol–water partition coefficient (Wildman–Crippen LogP) is 4.07. The van der Waals surface area contributed by atoms with E-state index in [9.17, 15) is 13.2 Å². The first-order chi connectivity index (χ1) is 15.2. The van der Waals surface area contributed by atoms with Gasteiger partial charge < -0.3 is 20.4 Å². The highest BCUT2D eigenvalue weighted by atomic mass is 19.4. The molecule has 0 spiro atoms. The second-order valence-electron chi connectivity index (χ2n) is 7.92. The van der Waals surface area contributed by atoms with Gasteiger partial charge in [0.2, 0.25) is 5.95 Å². The van der Waals surface area contributed by atoms with Crippen molar-refractivity contribution in [3.05, 3.63) is 47.3 Å². The Bertz CT molecular complexity index is 1090. The summed E-state index contributed by atoms with van der Waals surface area (Å²) in [5, 5.41) is 12.9. The molecule has 3 aromatic rings. The van der Waals surface area contributed by atoms with E-state index in [1.54, 1.807) is 24.0 Å². The van der Waals surface area contributed by atoms with Crippen LogP contribution in [0.2, 0.25) is 0 Å². The molecule has 1 aliphatic rings. The van der Waals surface area contributed by atoms with Gasteiger partial charge >= 0.3 is 6.18 Å². The lowest BCUT2D eigenvalue weighted by atomic mass is 10.0. The maximum absolute atomic E-state index is 13.9. The number of likely N-dealkylation sites (N-methyl/N-ethyl adjacent to an activating group) is 1. The SMILES string of the molecule is Cc1cc(Nc2ccnc(Nc3cc(C(F)(F)F)c(N4CCN(C)CC4)cc3C)n2)n[nH]1. The van der Waals surface area contributed by atoms with E-state index in [0.29, 0.717) is 36.0 Å². The van der Waals surface area contributed by atoms with Gasteiger partial charge in [0.05, 0.1) is 5.56 Å². The first-order valence-electron chi connectivity index (χ1n) is 10.2. The zero-order valence-electron chi connectivity index (χ0n) is 18.1. The Morgan fingerprint density at radius 1 is 1.00 bits per heavy atom. The van der Waals surface area contributed by atoms with Crippen LogP contribution in [0.5, 0.6) is 0 Å². The molecule has 3 N–H and O–H groups in total. The van der Waals surface area contributed by atoms with Crippen molar-refractivity contribution in [3.63, 3.8) is 0 Å². The molecule has 1 aromatic carbocycles. The molecular formula is C21H25F3N8. The highest BCUT2D eigenvalue weighted by Crippen LogP contribution is 2.40. The summed E-state index contributed by atoms with van der Waals surface area (Å²) < 4.78 is 41.8. The molecule has 170 valence electrons. The van der Waals surface area contributed by atoms with Crippen molar-refractivity contribution in [2.45, 2.75) is 20.0 Å². The highest BCUT2D eigenvalue weighted by Gasteiger charge is 2.36. The third kappa shape index (κ3) is 4.93. The van der Waals surface area contributed by atoms with Gasteiger partial charge in [-0.05, 0) is 44.7 Å². The number of anilines is 5. The predicted molar refractivity (Wildman–Crippen MR) is 118 cm³/mol. The number of piperazine rings is 1. The zero-order valence-corrected chi connectivity index (χ0v) is 18.1.